The molecule has 0 aliphatic carbocycles. The van der Waals surface area contributed by atoms with Crippen LogP contribution in [0.25, 0.3) is 0 Å². The van der Waals surface area contributed by atoms with Gasteiger partial charge in [0, 0.05) is 19.3 Å². The molecule has 1 aromatic heterocycles. The molecule has 2 heterocycles. The molecule has 4 heteroatoms. The SMILES string of the molecule is CNC(c1cc(C)nnc1C)C1CCOCC1. The Labute approximate surface area is 103 Å². The summed E-state index contributed by atoms with van der Waals surface area (Å²) in [7, 11) is 2.02. The summed E-state index contributed by atoms with van der Waals surface area (Å²) in [6.45, 7) is 5.77. The van der Waals surface area contributed by atoms with Crippen LogP contribution in [0.4, 0.5) is 0 Å². The van der Waals surface area contributed by atoms with Gasteiger partial charge in [0.2, 0.25) is 0 Å². The molecule has 1 N–H and O–H groups in total. The first-order chi connectivity index (χ1) is 8.22. The summed E-state index contributed by atoms with van der Waals surface area (Å²) >= 11 is 0. The Bertz CT molecular complexity index is 375. The van der Waals surface area contributed by atoms with E-state index in [1.807, 2.05) is 20.9 Å². The number of nitrogens with one attached hydrogen (secondary N) is 1. The Kier molecular flexibility index (Phi) is 4.07. The van der Waals surface area contributed by atoms with E-state index < -0.39 is 0 Å². The molecule has 1 unspecified atom stereocenters. The molecular formula is C13H21N3O. The van der Waals surface area contributed by atoms with Crippen molar-refractivity contribution in [1.29, 1.82) is 0 Å². The second-order valence-corrected chi connectivity index (χ2v) is 4.74. The second kappa shape index (κ2) is 5.56. The fraction of sp³-hybridized carbons (Fsp3) is 0.692. The van der Waals surface area contributed by atoms with Gasteiger partial charge in [-0.1, -0.05) is 0 Å². The van der Waals surface area contributed by atoms with Gasteiger partial charge in [0.1, 0.15) is 0 Å². The molecule has 1 aliphatic rings. The first kappa shape index (κ1) is 12.5. The standard InChI is InChI=1S/C13H21N3O/c1-9-8-12(10(2)16-15-9)13(14-3)11-4-6-17-7-5-11/h8,11,13-14H,4-7H2,1-3H3. The van der Waals surface area contributed by atoms with E-state index in [0.717, 1.165) is 37.4 Å². The maximum absolute atomic E-state index is 5.43. The molecule has 0 saturated carbocycles. The predicted molar refractivity (Wildman–Crippen MR) is 66.8 cm³/mol. The minimum absolute atomic E-state index is 0.369. The van der Waals surface area contributed by atoms with Gasteiger partial charge in [-0.2, -0.15) is 10.2 Å². The van der Waals surface area contributed by atoms with E-state index in [1.54, 1.807) is 0 Å². The van der Waals surface area contributed by atoms with Crippen molar-refractivity contribution in [3.05, 3.63) is 23.0 Å². The van der Waals surface area contributed by atoms with Crippen molar-refractivity contribution >= 4 is 0 Å². The third kappa shape index (κ3) is 2.82. The number of rotatable bonds is 3. The molecule has 0 amide bonds. The van der Waals surface area contributed by atoms with Crippen LogP contribution in [0, 0.1) is 19.8 Å². The molecule has 0 radical (unpaired) electrons. The highest BCUT2D eigenvalue weighted by Gasteiger charge is 2.25. The third-order valence-corrected chi connectivity index (χ3v) is 3.52. The zero-order valence-electron chi connectivity index (χ0n) is 10.9. The summed E-state index contributed by atoms with van der Waals surface area (Å²) in [4.78, 5) is 0. The normalized spacial score (nSPS) is 19.2. The van der Waals surface area contributed by atoms with Crippen molar-refractivity contribution in [2.45, 2.75) is 32.7 Å². The van der Waals surface area contributed by atoms with Crippen LogP contribution in [0.15, 0.2) is 6.07 Å². The first-order valence-electron chi connectivity index (χ1n) is 6.28. The Morgan fingerprint density at radius 3 is 2.65 bits per heavy atom. The number of ether oxygens (including phenoxy) is 1. The molecule has 1 aromatic rings. The average molecular weight is 235 g/mol. The van der Waals surface area contributed by atoms with Crippen molar-refractivity contribution in [2.75, 3.05) is 20.3 Å². The molecule has 0 spiro atoms. The summed E-state index contributed by atoms with van der Waals surface area (Å²) in [6, 6.07) is 2.52. The zero-order chi connectivity index (χ0) is 12.3. The lowest BCUT2D eigenvalue weighted by atomic mass is 9.86. The number of nitrogens with zero attached hydrogens (tertiary/aromatic N) is 2. The number of aromatic nitrogens is 2. The van der Waals surface area contributed by atoms with Crippen LogP contribution < -0.4 is 5.32 Å². The smallest absolute Gasteiger partial charge is 0.0648 e. The number of hydrogen-bond donors (Lipinski definition) is 1. The maximum Gasteiger partial charge on any atom is 0.0648 e. The van der Waals surface area contributed by atoms with E-state index in [1.165, 1.54) is 5.56 Å². The predicted octanol–water partition coefficient (Wildman–Crippen LogP) is 1.78. The minimum atomic E-state index is 0.369. The van der Waals surface area contributed by atoms with Gasteiger partial charge in [-0.25, -0.2) is 0 Å². The van der Waals surface area contributed by atoms with Crippen molar-refractivity contribution in [3.63, 3.8) is 0 Å². The van der Waals surface area contributed by atoms with Gasteiger partial charge in [-0.3, -0.25) is 0 Å². The minimum Gasteiger partial charge on any atom is -0.381 e. The molecule has 1 aliphatic heterocycles. The highest BCUT2D eigenvalue weighted by atomic mass is 16.5. The zero-order valence-corrected chi connectivity index (χ0v) is 10.9. The van der Waals surface area contributed by atoms with E-state index in [-0.39, 0.29) is 0 Å². The van der Waals surface area contributed by atoms with Crippen molar-refractivity contribution in [1.82, 2.24) is 15.5 Å². The summed E-state index contributed by atoms with van der Waals surface area (Å²) in [5.41, 5.74) is 3.30. The molecule has 2 rings (SSSR count). The monoisotopic (exact) mass is 235 g/mol. The Hall–Kier alpha value is -1.00. The Balaban J connectivity index is 2.24. The molecule has 0 bridgehead atoms. The van der Waals surface area contributed by atoms with Crippen LogP contribution in [-0.4, -0.2) is 30.5 Å². The molecule has 17 heavy (non-hydrogen) atoms. The van der Waals surface area contributed by atoms with E-state index in [0.29, 0.717) is 12.0 Å². The van der Waals surface area contributed by atoms with Gasteiger partial charge in [0.25, 0.3) is 0 Å². The summed E-state index contributed by atoms with van der Waals surface area (Å²) in [6.07, 6.45) is 2.23. The highest BCUT2D eigenvalue weighted by Crippen LogP contribution is 2.30. The van der Waals surface area contributed by atoms with Gasteiger partial charge >= 0.3 is 0 Å². The van der Waals surface area contributed by atoms with Gasteiger partial charge in [0.15, 0.2) is 0 Å². The molecule has 4 nitrogen and oxygen atoms in total. The van der Waals surface area contributed by atoms with Crippen LogP contribution in [0.5, 0.6) is 0 Å². The Morgan fingerprint density at radius 2 is 2.00 bits per heavy atom. The fourth-order valence-electron chi connectivity index (χ4n) is 2.58. The molecule has 1 atom stereocenters. The fourth-order valence-corrected chi connectivity index (χ4v) is 2.58. The quantitative estimate of drug-likeness (QED) is 0.867. The largest absolute Gasteiger partial charge is 0.381 e. The third-order valence-electron chi connectivity index (χ3n) is 3.52. The first-order valence-corrected chi connectivity index (χ1v) is 6.28. The van der Waals surface area contributed by atoms with Crippen LogP contribution in [0.1, 0.15) is 35.8 Å². The van der Waals surface area contributed by atoms with Crippen LogP contribution in [0.3, 0.4) is 0 Å². The van der Waals surface area contributed by atoms with Gasteiger partial charge in [0.05, 0.1) is 11.4 Å². The van der Waals surface area contributed by atoms with E-state index in [2.05, 4.69) is 21.6 Å². The second-order valence-electron chi connectivity index (χ2n) is 4.74. The van der Waals surface area contributed by atoms with Gasteiger partial charge < -0.3 is 10.1 Å². The lowest BCUT2D eigenvalue weighted by Crippen LogP contribution is -2.30. The van der Waals surface area contributed by atoms with Crippen molar-refractivity contribution in [2.24, 2.45) is 5.92 Å². The number of hydrogen-bond acceptors (Lipinski definition) is 4. The van der Waals surface area contributed by atoms with E-state index in [4.69, 9.17) is 4.74 Å². The lowest BCUT2D eigenvalue weighted by molar-refractivity contribution is 0.0544. The molecule has 1 fully saturated rings. The maximum atomic E-state index is 5.43. The van der Waals surface area contributed by atoms with Crippen LogP contribution in [-0.2, 0) is 4.74 Å². The Morgan fingerprint density at radius 1 is 1.29 bits per heavy atom. The lowest BCUT2D eigenvalue weighted by Gasteiger charge is -2.31. The van der Waals surface area contributed by atoms with E-state index in [9.17, 15) is 0 Å². The van der Waals surface area contributed by atoms with Crippen LogP contribution >= 0.6 is 0 Å². The number of aryl methyl sites for hydroxylation is 2. The molecular weight excluding hydrogens is 214 g/mol. The summed E-state index contributed by atoms with van der Waals surface area (Å²) in [5, 5.41) is 11.8. The van der Waals surface area contributed by atoms with Crippen LogP contribution in [0.2, 0.25) is 0 Å². The molecule has 1 saturated heterocycles. The van der Waals surface area contributed by atoms with Crippen molar-refractivity contribution in [3.8, 4) is 0 Å². The topological polar surface area (TPSA) is 47.0 Å². The average Bonchev–Trinajstić information content (AvgIpc) is 2.36. The summed E-state index contributed by atoms with van der Waals surface area (Å²) in [5.74, 6) is 0.635. The summed E-state index contributed by atoms with van der Waals surface area (Å²) < 4.78 is 5.43. The highest BCUT2D eigenvalue weighted by molar-refractivity contribution is 5.24. The van der Waals surface area contributed by atoms with E-state index >= 15 is 0 Å². The van der Waals surface area contributed by atoms with Crippen molar-refractivity contribution < 1.29 is 4.74 Å². The van der Waals surface area contributed by atoms with Gasteiger partial charge in [-0.05, 0) is 51.3 Å². The molecule has 0 aromatic carbocycles. The molecule has 94 valence electrons. The van der Waals surface area contributed by atoms with Gasteiger partial charge in [-0.15, -0.1) is 0 Å².